The zero-order valence-corrected chi connectivity index (χ0v) is 18.1. The standard InChI is InChI=1S/C19H24N4O4S2/c1-12-11-23(13(2)24)16-10-15(8-9-17(16)27-12)29(25,26)22-19-21-20-18(28-19)14-6-4-3-5-7-14/h8-10,12,14H,3-7,11H2,1-2H3,(H,21,22). The van der Waals surface area contributed by atoms with Gasteiger partial charge in [0, 0.05) is 12.8 Å². The number of carbonyl (C=O) groups excluding carboxylic acids is 1. The van der Waals surface area contributed by atoms with Crippen molar-refractivity contribution in [3.05, 3.63) is 23.2 Å². The predicted molar refractivity (Wildman–Crippen MR) is 111 cm³/mol. The van der Waals surface area contributed by atoms with Gasteiger partial charge in [0.1, 0.15) is 16.9 Å². The van der Waals surface area contributed by atoms with Crippen LogP contribution in [-0.2, 0) is 14.8 Å². The van der Waals surface area contributed by atoms with Gasteiger partial charge < -0.3 is 9.64 Å². The van der Waals surface area contributed by atoms with Gasteiger partial charge in [0.15, 0.2) is 0 Å². The smallest absolute Gasteiger partial charge is 0.263 e. The van der Waals surface area contributed by atoms with Gasteiger partial charge in [0.2, 0.25) is 11.0 Å². The number of benzene rings is 1. The highest BCUT2D eigenvalue weighted by Gasteiger charge is 2.28. The van der Waals surface area contributed by atoms with E-state index in [4.69, 9.17) is 4.74 Å². The Morgan fingerprint density at radius 1 is 1.24 bits per heavy atom. The van der Waals surface area contributed by atoms with E-state index < -0.39 is 10.0 Å². The average molecular weight is 437 g/mol. The van der Waals surface area contributed by atoms with Crippen molar-refractivity contribution in [1.82, 2.24) is 10.2 Å². The highest BCUT2D eigenvalue weighted by Crippen LogP contribution is 2.37. The van der Waals surface area contributed by atoms with Gasteiger partial charge in [0.05, 0.1) is 17.1 Å². The third-order valence-electron chi connectivity index (χ3n) is 5.30. The van der Waals surface area contributed by atoms with Gasteiger partial charge in [0.25, 0.3) is 10.0 Å². The number of amides is 1. The number of anilines is 2. The Bertz CT molecular complexity index is 1010. The highest BCUT2D eigenvalue weighted by atomic mass is 32.2. The van der Waals surface area contributed by atoms with Crippen molar-refractivity contribution in [1.29, 1.82) is 0 Å². The largest absolute Gasteiger partial charge is 0.487 e. The van der Waals surface area contributed by atoms with Crippen molar-refractivity contribution in [2.24, 2.45) is 0 Å². The topological polar surface area (TPSA) is 101 Å². The number of rotatable bonds is 4. The summed E-state index contributed by atoms with van der Waals surface area (Å²) in [6.07, 6.45) is 5.58. The van der Waals surface area contributed by atoms with Crippen LogP contribution in [0.1, 0.15) is 56.9 Å². The summed E-state index contributed by atoms with van der Waals surface area (Å²) in [5, 5.41) is 9.38. The number of carbonyl (C=O) groups is 1. The van der Waals surface area contributed by atoms with E-state index in [9.17, 15) is 13.2 Å². The summed E-state index contributed by atoms with van der Waals surface area (Å²) in [7, 11) is -3.86. The summed E-state index contributed by atoms with van der Waals surface area (Å²) in [4.78, 5) is 13.6. The lowest BCUT2D eigenvalue weighted by Crippen LogP contribution is -2.41. The lowest BCUT2D eigenvalue weighted by molar-refractivity contribution is -0.117. The van der Waals surface area contributed by atoms with Crippen LogP contribution in [0.4, 0.5) is 10.8 Å². The van der Waals surface area contributed by atoms with Gasteiger partial charge >= 0.3 is 0 Å². The summed E-state index contributed by atoms with van der Waals surface area (Å²) < 4.78 is 34.1. The number of nitrogens with one attached hydrogen (secondary N) is 1. The van der Waals surface area contributed by atoms with E-state index >= 15 is 0 Å². The third-order valence-corrected chi connectivity index (χ3v) is 7.76. The quantitative estimate of drug-likeness (QED) is 0.787. The monoisotopic (exact) mass is 436 g/mol. The Morgan fingerprint density at radius 3 is 2.72 bits per heavy atom. The fourth-order valence-corrected chi connectivity index (χ4v) is 6.01. The fraction of sp³-hybridized carbons (Fsp3) is 0.526. The molecule has 8 nitrogen and oxygen atoms in total. The Hall–Kier alpha value is -2.20. The van der Waals surface area contributed by atoms with E-state index in [1.807, 2.05) is 6.92 Å². The molecular weight excluding hydrogens is 412 g/mol. The molecule has 29 heavy (non-hydrogen) atoms. The first-order valence-electron chi connectivity index (χ1n) is 9.78. The minimum absolute atomic E-state index is 0.0510. The fourth-order valence-electron chi connectivity index (χ4n) is 3.85. The summed E-state index contributed by atoms with van der Waals surface area (Å²) in [6, 6.07) is 4.53. The lowest BCUT2D eigenvalue weighted by Gasteiger charge is -2.33. The van der Waals surface area contributed by atoms with Crippen molar-refractivity contribution in [3.8, 4) is 5.75 Å². The number of nitrogens with zero attached hydrogens (tertiary/aromatic N) is 3. The first-order valence-corrected chi connectivity index (χ1v) is 12.1. The van der Waals surface area contributed by atoms with Crippen LogP contribution in [0.3, 0.4) is 0 Å². The van der Waals surface area contributed by atoms with Crippen molar-refractivity contribution in [2.45, 2.75) is 62.9 Å². The molecule has 0 radical (unpaired) electrons. The maximum absolute atomic E-state index is 12.9. The molecule has 2 aliphatic rings. The minimum Gasteiger partial charge on any atom is -0.487 e. The number of hydrogen-bond acceptors (Lipinski definition) is 7. The molecule has 1 unspecified atom stereocenters. The van der Waals surface area contributed by atoms with Crippen LogP contribution in [0.5, 0.6) is 5.75 Å². The molecule has 1 aliphatic carbocycles. The Balaban J connectivity index is 1.57. The molecule has 0 saturated heterocycles. The highest BCUT2D eigenvalue weighted by molar-refractivity contribution is 7.93. The van der Waals surface area contributed by atoms with Gasteiger partial charge in [-0.2, -0.15) is 0 Å². The second kappa shape index (κ2) is 7.91. The molecule has 1 fully saturated rings. The van der Waals surface area contributed by atoms with E-state index in [0.29, 0.717) is 23.9 Å². The van der Waals surface area contributed by atoms with Crippen molar-refractivity contribution in [3.63, 3.8) is 0 Å². The molecule has 1 aromatic heterocycles. The van der Waals surface area contributed by atoms with Crippen LogP contribution in [-0.4, -0.2) is 37.2 Å². The van der Waals surface area contributed by atoms with Crippen LogP contribution < -0.4 is 14.4 Å². The molecule has 2 heterocycles. The SMILES string of the molecule is CC(=O)N1CC(C)Oc2ccc(S(=O)(=O)Nc3nnc(C4CCCCC4)s3)cc21. The Labute approximate surface area is 174 Å². The van der Waals surface area contributed by atoms with Crippen molar-refractivity contribution in [2.75, 3.05) is 16.2 Å². The average Bonchev–Trinajstić information content (AvgIpc) is 3.15. The molecule has 1 saturated carbocycles. The summed E-state index contributed by atoms with van der Waals surface area (Å²) >= 11 is 1.29. The van der Waals surface area contributed by atoms with E-state index in [1.54, 1.807) is 6.07 Å². The van der Waals surface area contributed by atoms with Gasteiger partial charge in [-0.05, 0) is 38.0 Å². The zero-order chi connectivity index (χ0) is 20.6. The molecule has 1 amide bonds. The minimum atomic E-state index is -3.86. The molecule has 0 spiro atoms. The normalized spacial score (nSPS) is 20.1. The maximum Gasteiger partial charge on any atom is 0.263 e. The number of aromatic nitrogens is 2. The number of fused-ring (bicyclic) bond motifs is 1. The van der Waals surface area contributed by atoms with Crippen LogP contribution >= 0.6 is 11.3 Å². The number of sulfonamides is 1. The molecule has 1 aliphatic heterocycles. The van der Waals surface area contributed by atoms with Gasteiger partial charge in [-0.15, -0.1) is 10.2 Å². The van der Waals surface area contributed by atoms with E-state index in [2.05, 4.69) is 14.9 Å². The van der Waals surface area contributed by atoms with E-state index in [0.717, 1.165) is 17.8 Å². The van der Waals surface area contributed by atoms with E-state index in [1.165, 1.54) is 54.6 Å². The van der Waals surface area contributed by atoms with Crippen LogP contribution in [0.25, 0.3) is 0 Å². The first-order chi connectivity index (χ1) is 13.8. The number of ether oxygens (including phenoxy) is 1. The molecule has 1 N–H and O–H groups in total. The summed E-state index contributed by atoms with van der Waals surface area (Å²) in [5.74, 6) is 0.699. The second-order valence-corrected chi connectivity index (χ2v) is 10.3. The molecule has 156 valence electrons. The molecule has 0 bridgehead atoms. The summed E-state index contributed by atoms with van der Waals surface area (Å²) in [5.41, 5.74) is 0.457. The Morgan fingerprint density at radius 2 is 2.00 bits per heavy atom. The molecular formula is C19H24N4O4S2. The molecule has 2 aromatic rings. The maximum atomic E-state index is 12.9. The second-order valence-electron chi connectivity index (χ2n) is 7.57. The van der Waals surface area contributed by atoms with Gasteiger partial charge in [-0.3, -0.25) is 9.52 Å². The third kappa shape index (κ3) is 4.23. The first kappa shape index (κ1) is 20.1. The van der Waals surface area contributed by atoms with Crippen LogP contribution in [0.15, 0.2) is 23.1 Å². The molecule has 1 aromatic carbocycles. The zero-order valence-electron chi connectivity index (χ0n) is 16.4. The molecule has 1 atom stereocenters. The van der Waals surface area contributed by atoms with Crippen LogP contribution in [0, 0.1) is 0 Å². The van der Waals surface area contributed by atoms with E-state index in [-0.39, 0.29) is 22.0 Å². The van der Waals surface area contributed by atoms with Gasteiger partial charge in [-0.1, -0.05) is 30.6 Å². The van der Waals surface area contributed by atoms with Crippen LogP contribution in [0.2, 0.25) is 0 Å². The molecule has 10 heteroatoms. The Kier molecular flexibility index (Phi) is 5.48. The number of hydrogen-bond donors (Lipinski definition) is 1. The van der Waals surface area contributed by atoms with Gasteiger partial charge in [-0.25, -0.2) is 8.42 Å². The predicted octanol–water partition coefficient (Wildman–Crippen LogP) is 3.52. The van der Waals surface area contributed by atoms with Crippen molar-refractivity contribution < 1.29 is 17.9 Å². The molecule has 4 rings (SSSR count). The lowest BCUT2D eigenvalue weighted by atomic mass is 9.90. The van der Waals surface area contributed by atoms with Crippen molar-refractivity contribution >= 4 is 38.1 Å². The summed E-state index contributed by atoms with van der Waals surface area (Å²) in [6.45, 7) is 3.69.